The van der Waals surface area contributed by atoms with Crippen LogP contribution in [-0.4, -0.2) is 11.2 Å². The van der Waals surface area contributed by atoms with Crippen LogP contribution >= 0.6 is 11.3 Å². The lowest BCUT2D eigenvalue weighted by atomic mass is 10.2. The molecular formula is C12H9N3OS. The molecule has 0 aliphatic carbocycles. The Morgan fingerprint density at radius 1 is 1.41 bits per heavy atom. The molecule has 0 aliphatic heterocycles. The molecule has 1 aromatic heterocycles. The third kappa shape index (κ3) is 3.40. The van der Waals surface area contributed by atoms with E-state index in [9.17, 15) is 0 Å². The van der Waals surface area contributed by atoms with Gasteiger partial charge in [0.1, 0.15) is 23.9 Å². The van der Waals surface area contributed by atoms with Gasteiger partial charge < -0.3 is 4.84 Å². The monoisotopic (exact) mass is 243 g/mol. The van der Waals surface area contributed by atoms with Crippen LogP contribution in [-0.2, 0) is 11.4 Å². The highest BCUT2D eigenvalue weighted by molar-refractivity contribution is 7.11. The molecule has 5 heteroatoms. The van der Waals surface area contributed by atoms with Crippen molar-refractivity contribution in [2.45, 2.75) is 6.61 Å². The standard InChI is InChI=1S/C12H9N3OS/c13-6-11-9-17-12(15-11)7-14-16-8-10-4-2-1-3-5-10/h1-5,7,9H,8H2/b14-7+. The third-order valence-corrected chi connectivity index (χ3v) is 2.73. The van der Waals surface area contributed by atoms with Gasteiger partial charge in [-0.3, -0.25) is 0 Å². The maximum absolute atomic E-state index is 8.59. The lowest BCUT2D eigenvalue weighted by molar-refractivity contribution is 0.132. The molecule has 0 spiro atoms. The maximum atomic E-state index is 8.59. The molecule has 0 bridgehead atoms. The van der Waals surface area contributed by atoms with E-state index in [2.05, 4.69) is 10.1 Å². The molecule has 0 unspecified atom stereocenters. The highest BCUT2D eigenvalue weighted by Gasteiger charge is 1.97. The van der Waals surface area contributed by atoms with E-state index in [1.54, 1.807) is 5.38 Å². The molecule has 0 aliphatic rings. The summed E-state index contributed by atoms with van der Waals surface area (Å²) in [6, 6.07) is 11.7. The fraction of sp³-hybridized carbons (Fsp3) is 0.0833. The topological polar surface area (TPSA) is 58.3 Å². The normalized spacial score (nSPS) is 10.3. The van der Waals surface area contributed by atoms with E-state index in [4.69, 9.17) is 10.1 Å². The lowest BCUT2D eigenvalue weighted by Crippen LogP contribution is -1.87. The molecule has 0 radical (unpaired) electrons. The van der Waals surface area contributed by atoms with Gasteiger partial charge in [0.05, 0.1) is 0 Å². The SMILES string of the molecule is N#Cc1csc(/C=N/OCc2ccccc2)n1. The molecule has 84 valence electrons. The van der Waals surface area contributed by atoms with Crippen LogP contribution in [0.1, 0.15) is 16.3 Å². The van der Waals surface area contributed by atoms with Crippen molar-refractivity contribution < 1.29 is 4.84 Å². The van der Waals surface area contributed by atoms with E-state index in [0.717, 1.165) is 5.56 Å². The van der Waals surface area contributed by atoms with Crippen LogP contribution in [0.2, 0.25) is 0 Å². The second kappa shape index (κ2) is 5.77. The third-order valence-electron chi connectivity index (χ3n) is 1.95. The number of rotatable bonds is 4. The molecule has 2 aromatic rings. The smallest absolute Gasteiger partial charge is 0.152 e. The van der Waals surface area contributed by atoms with Gasteiger partial charge in [0, 0.05) is 5.38 Å². The first-order valence-corrected chi connectivity index (χ1v) is 5.81. The van der Waals surface area contributed by atoms with Crippen LogP contribution in [0, 0.1) is 11.3 Å². The zero-order chi connectivity index (χ0) is 11.9. The van der Waals surface area contributed by atoms with Crippen LogP contribution < -0.4 is 0 Å². The van der Waals surface area contributed by atoms with E-state index < -0.39 is 0 Å². The van der Waals surface area contributed by atoms with Gasteiger partial charge in [0.25, 0.3) is 0 Å². The van der Waals surface area contributed by atoms with Crippen molar-refractivity contribution in [1.82, 2.24) is 4.98 Å². The maximum Gasteiger partial charge on any atom is 0.152 e. The Bertz CT molecular complexity index is 542. The molecule has 1 aromatic carbocycles. The Kier molecular flexibility index (Phi) is 3.84. The summed E-state index contributed by atoms with van der Waals surface area (Å²) in [4.78, 5) is 9.12. The van der Waals surface area contributed by atoms with Gasteiger partial charge in [0.2, 0.25) is 0 Å². The summed E-state index contributed by atoms with van der Waals surface area (Å²) in [5.74, 6) is 0. The molecule has 0 amide bonds. The van der Waals surface area contributed by atoms with Crippen molar-refractivity contribution in [3.8, 4) is 6.07 Å². The summed E-state index contributed by atoms with van der Waals surface area (Å²) >= 11 is 1.36. The molecule has 0 fully saturated rings. The first-order chi connectivity index (χ1) is 8.38. The van der Waals surface area contributed by atoms with Gasteiger partial charge in [-0.25, -0.2) is 4.98 Å². The minimum Gasteiger partial charge on any atom is -0.391 e. The van der Waals surface area contributed by atoms with Crippen molar-refractivity contribution in [3.63, 3.8) is 0 Å². The number of nitrogens with zero attached hydrogens (tertiary/aromatic N) is 3. The summed E-state index contributed by atoms with van der Waals surface area (Å²) in [5, 5.41) is 14.7. The van der Waals surface area contributed by atoms with Crippen molar-refractivity contribution in [2.75, 3.05) is 0 Å². The first-order valence-electron chi connectivity index (χ1n) is 4.93. The molecule has 1 heterocycles. The van der Waals surface area contributed by atoms with Crippen LogP contribution in [0.4, 0.5) is 0 Å². The Balaban J connectivity index is 1.84. The Morgan fingerprint density at radius 2 is 2.24 bits per heavy atom. The van der Waals surface area contributed by atoms with Crippen LogP contribution in [0.25, 0.3) is 0 Å². The largest absolute Gasteiger partial charge is 0.391 e. The summed E-state index contributed by atoms with van der Waals surface area (Å²) in [5.41, 5.74) is 1.46. The van der Waals surface area contributed by atoms with E-state index in [1.165, 1.54) is 17.6 Å². The summed E-state index contributed by atoms with van der Waals surface area (Å²) in [6.45, 7) is 0.424. The zero-order valence-corrected chi connectivity index (χ0v) is 9.72. The van der Waals surface area contributed by atoms with Gasteiger partial charge in [-0.15, -0.1) is 11.3 Å². The minimum atomic E-state index is 0.402. The lowest BCUT2D eigenvalue weighted by Gasteiger charge is -1.97. The van der Waals surface area contributed by atoms with Gasteiger partial charge >= 0.3 is 0 Å². The molecule has 0 N–H and O–H groups in total. The molecule has 0 atom stereocenters. The van der Waals surface area contributed by atoms with Crippen LogP contribution in [0.5, 0.6) is 0 Å². The Hall–Kier alpha value is -2.19. The van der Waals surface area contributed by atoms with Crippen molar-refractivity contribution in [2.24, 2.45) is 5.16 Å². The number of hydrogen-bond acceptors (Lipinski definition) is 5. The number of nitriles is 1. The molecule has 0 saturated heterocycles. The average Bonchev–Trinajstić information content (AvgIpc) is 2.84. The van der Waals surface area contributed by atoms with Gasteiger partial charge in [-0.05, 0) is 5.56 Å². The summed E-state index contributed by atoms with van der Waals surface area (Å²) in [7, 11) is 0. The summed E-state index contributed by atoms with van der Waals surface area (Å²) in [6.07, 6.45) is 1.51. The number of aromatic nitrogens is 1. The van der Waals surface area contributed by atoms with Crippen molar-refractivity contribution in [1.29, 1.82) is 5.26 Å². The second-order valence-electron chi connectivity index (χ2n) is 3.18. The molecule has 0 saturated carbocycles. The van der Waals surface area contributed by atoms with E-state index >= 15 is 0 Å². The van der Waals surface area contributed by atoms with E-state index in [1.807, 2.05) is 36.4 Å². The average molecular weight is 243 g/mol. The zero-order valence-electron chi connectivity index (χ0n) is 8.91. The van der Waals surface area contributed by atoms with Gasteiger partial charge in [-0.2, -0.15) is 5.26 Å². The van der Waals surface area contributed by atoms with E-state index in [0.29, 0.717) is 17.3 Å². The van der Waals surface area contributed by atoms with Gasteiger partial charge in [0.15, 0.2) is 5.69 Å². The second-order valence-corrected chi connectivity index (χ2v) is 4.07. The number of thiazole rings is 1. The van der Waals surface area contributed by atoms with Crippen LogP contribution in [0.3, 0.4) is 0 Å². The highest BCUT2D eigenvalue weighted by Crippen LogP contribution is 2.06. The van der Waals surface area contributed by atoms with Gasteiger partial charge in [-0.1, -0.05) is 35.5 Å². The Morgan fingerprint density at radius 3 is 2.94 bits per heavy atom. The molecule has 17 heavy (non-hydrogen) atoms. The number of oxime groups is 1. The van der Waals surface area contributed by atoms with Crippen molar-refractivity contribution >= 4 is 17.6 Å². The Labute approximate surface area is 103 Å². The van der Waals surface area contributed by atoms with Crippen LogP contribution in [0.15, 0.2) is 40.9 Å². The predicted octanol–water partition coefficient (Wildman–Crippen LogP) is 2.57. The quantitative estimate of drug-likeness (QED) is 0.612. The fourth-order valence-electron chi connectivity index (χ4n) is 1.17. The number of benzene rings is 1. The molecular weight excluding hydrogens is 234 g/mol. The molecule has 2 rings (SSSR count). The van der Waals surface area contributed by atoms with Crippen molar-refractivity contribution in [3.05, 3.63) is 52.0 Å². The minimum absolute atomic E-state index is 0.402. The van der Waals surface area contributed by atoms with E-state index in [-0.39, 0.29) is 0 Å². The first kappa shape index (κ1) is 11.3. The predicted molar refractivity (Wildman–Crippen MR) is 65.7 cm³/mol. The fourth-order valence-corrected chi connectivity index (χ4v) is 1.76. The number of hydrogen-bond donors (Lipinski definition) is 0. The summed E-state index contributed by atoms with van der Waals surface area (Å²) < 4.78 is 0. The molecule has 4 nitrogen and oxygen atoms in total. The highest BCUT2D eigenvalue weighted by atomic mass is 32.1.